The molecule has 2 heterocycles. The van der Waals surface area contributed by atoms with Crippen molar-refractivity contribution >= 4 is 29.9 Å². The number of guanidine groups is 1. The third-order valence-electron chi connectivity index (χ3n) is 4.37. The van der Waals surface area contributed by atoms with E-state index < -0.39 is 0 Å². The van der Waals surface area contributed by atoms with Gasteiger partial charge in [-0.2, -0.15) is 5.10 Å². The Hall–Kier alpha value is -2.10. The average molecular weight is 496 g/mol. The maximum Gasteiger partial charge on any atom is 0.192 e. The highest BCUT2D eigenvalue weighted by molar-refractivity contribution is 14.0. The molecule has 0 saturated heterocycles. The lowest BCUT2D eigenvalue weighted by Crippen LogP contribution is -2.41. The Balaban J connectivity index is 0.00000280. The summed E-state index contributed by atoms with van der Waals surface area (Å²) in [5.41, 5.74) is 1.04. The van der Waals surface area contributed by atoms with E-state index in [2.05, 4.69) is 34.2 Å². The molecule has 0 fully saturated rings. The fraction of sp³-hybridized carbons (Fsp3) is 0.450. The summed E-state index contributed by atoms with van der Waals surface area (Å²) in [5, 5.41) is 11.3. The second-order valence-electron chi connectivity index (χ2n) is 6.48. The van der Waals surface area contributed by atoms with Gasteiger partial charge >= 0.3 is 0 Å². The maximum atomic E-state index is 5.73. The van der Waals surface area contributed by atoms with Crippen LogP contribution in [0.3, 0.4) is 0 Å². The van der Waals surface area contributed by atoms with E-state index in [1.807, 2.05) is 35.9 Å². The fourth-order valence-corrected chi connectivity index (χ4v) is 3.18. The van der Waals surface area contributed by atoms with Crippen LogP contribution in [0.4, 0.5) is 0 Å². The zero-order chi connectivity index (χ0) is 19.1. The zero-order valence-electron chi connectivity index (χ0n) is 16.5. The minimum absolute atomic E-state index is 0. The molecular formula is C20H29IN6O. The van der Waals surface area contributed by atoms with E-state index in [1.54, 1.807) is 6.08 Å². The van der Waals surface area contributed by atoms with Gasteiger partial charge in [0.05, 0.1) is 12.6 Å². The number of rotatable bonds is 7. The second-order valence-corrected chi connectivity index (χ2v) is 6.48. The molecule has 1 aliphatic heterocycles. The molecule has 1 unspecified atom stereocenters. The molecule has 28 heavy (non-hydrogen) atoms. The Labute approximate surface area is 183 Å². The van der Waals surface area contributed by atoms with E-state index in [4.69, 9.17) is 9.73 Å². The normalized spacial score (nSPS) is 15.9. The van der Waals surface area contributed by atoms with Crippen molar-refractivity contribution in [1.82, 2.24) is 25.4 Å². The van der Waals surface area contributed by atoms with Gasteiger partial charge in [-0.25, -0.2) is 14.7 Å². The number of hydrogen-bond acceptors (Lipinski definition) is 4. The number of para-hydroxylation sites is 1. The van der Waals surface area contributed by atoms with Gasteiger partial charge in [-0.1, -0.05) is 30.9 Å². The van der Waals surface area contributed by atoms with Crippen LogP contribution in [-0.4, -0.2) is 33.9 Å². The highest BCUT2D eigenvalue weighted by atomic mass is 127. The van der Waals surface area contributed by atoms with Crippen LogP contribution < -0.4 is 15.4 Å². The number of nitrogens with zero attached hydrogens (tertiary/aromatic N) is 4. The number of hydrogen-bond donors (Lipinski definition) is 2. The first-order chi connectivity index (χ1) is 13.2. The van der Waals surface area contributed by atoms with Crippen molar-refractivity contribution in [3.8, 4) is 5.75 Å². The van der Waals surface area contributed by atoms with Gasteiger partial charge in [-0.05, 0) is 32.8 Å². The molecule has 0 radical (unpaired) electrons. The second kappa shape index (κ2) is 11.0. The lowest BCUT2D eigenvalue weighted by atomic mass is 10.1. The van der Waals surface area contributed by atoms with Crippen molar-refractivity contribution in [1.29, 1.82) is 0 Å². The third-order valence-corrected chi connectivity index (χ3v) is 4.37. The van der Waals surface area contributed by atoms with E-state index in [9.17, 15) is 0 Å². The van der Waals surface area contributed by atoms with E-state index in [-0.39, 0.29) is 30.0 Å². The Kier molecular flexibility index (Phi) is 8.75. The van der Waals surface area contributed by atoms with Crippen LogP contribution in [0.25, 0.3) is 0 Å². The van der Waals surface area contributed by atoms with Gasteiger partial charge in [0.1, 0.15) is 24.0 Å². The Morgan fingerprint density at radius 1 is 1.43 bits per heavy atom. The van der Waals surface area contributed by atoms with Gasteiger partial charge in [-0.3, -0.25) is 0 Å². The molecule has 0 saturated carbocycles. The van der Waals surface area contributed by atoms with Crippen LogP contribution in [0, 0.1) is 6.92 Å². The minimum Gasteiger partial charge on any atom is -0.489 e. The van der Waals surface area contributed by atoms with Crippen LogP contribution in [0.5, 0.6) is 5.75 Å². The standard InChI is InChI=1S/C20H28N6O.HI/c1-4-13-27-18-11-7-6-9-16(18)14-22-20(21-5-2)24-17-10-8-12-26-19(17)23-15(3)25-26;/h4,6-7,9,11,17H,1,5,8,10,12-14H2,2-3H3,(H2,21,22,24);1H. The summed E-state index contributed by atoms with van der Waals surface area (Å²) < 4.78 is 7.73. The van der Waals surface area contributed by atoms with Crippen molar-refractivity contribution in [2.75, 3.05) is 13.2 Å². The van der Waals surface area contributed by atoms with E-state index in [0.29, 0.717) is 13.2 Å². The van der Waals surface area contributed by atoms with Gasteiger partial charge < -0.3 is 15.4 Å². The van der Waals surface area contributed by atoms with E-state index >= 15 is 0 Å². The number of aryl methyl sites for hydroxylation is 2. The van der Waals surface area contributed by atoms with Crippen molar-refractivity contribution < 1.29 is 4.74 Å². The highest BCUT2D eigenvalue weighted by Gasteiger charge is 2.24. The molecule has 7 nitrogen and oxygen atoms in total. The summed E-state index contributed by atoms with van der Waals surface area (Å²) >= 11 is 0. The number of fused-ring (bicyclic) bond motifs is 1. The fourth-order valence-electron chi connectivity index (χ4n) is 3.18. The number of ether oxygens (including phenoxy) is 1. The Morgan fingerprint density at radius 2 is 2.25 bits per heavy atom. The van der Waals surface area contributed by atoms with Crippen LogP contribution in [0.15, 0.2) is 41.9 Å². The molecule has 2 aromatic rings. The number of benzene rings is 1. The molecule has 2 N–H and O–H groups in total. The minimum atomic E-state index is 0. The molecular weight excluding hydrogens is 467 g/mol. The lowest BCUT2D eigenvalue weighted by molar-refractivity contribution is 0.359. The van der Waals surface area contributed by atoms with Crippen LogP contribution in [0.2, 0.25) is 0 Å². The molecule has 152 valence electrons. The Bertz CT molecular complexity index is 804. The first-order valence-electron chi connectivity index (χ1n) is 9.49. The third kappa shape index (κ3) is 5.70. The van der Waals surface area contributed by atoms with Gasteiger partial charge in [0, 0.05) is 18.7 Å². The van der Waals surface area contributed by atoms with Gasteiger partial charge in [0.15, 0.2) is 5.96 Å². The molecule has 0 bridgehead atoms. The monoisotopic (exact) mass is 496 g/mol. The summed E-state index contributed by atoms with van der Waals surface area (Å²) in [7, 11) is 0. The molecule has 0 spiro atoms. The SMILES string of the molecule is C=CCOc1ccccc1CN=C(NCC)NC1CCCn2nc(C)nc21.I. The summed E-state index contributed by atoms with van der Waals surface area (Å²) in [6.45, 7) is 10.4. The highest BCUT2D eigenvalue weighted by Crippen LogP contribution is 2.23. The summed E-state index contributed by atoms with van der Waals surface area (Å²) in [5.74, 6) is 3.41. The van der Waals surface area contributed by atoms with Crippen LogP contribution in [-0.2, 0) is 13.1 Å². The number of halogens is 1. The molecule has 3 rings (SSSR count). The molecule has 1 aromatic carbocycles. The lowest BCUT2D eigenvalue weighted by Gasteiger charge is -2.25. The maximum absolute atomic E-state index is 5.73. The van der Waals surface area contributed by atoms with Crippen LogP contribution in [0.1, 0.15) is 43.0 Å². The molecule has 1 aromatic heterocycles. The predicted molar refractivity (Wildman–Crippen MR) is 122 cm³/mol. The van der Waals surface area contributed by atoms with E-state index in [1.165, 1.54) is 0 Å². The topological polar surface area (TPSA) is 76.4 Å². The van der Waals surface area contributed by atoms with E-state index in [0.717, 1.165) is 54.9 Å². The average Bonchev–Trinajstić information content (AvgIpc) is 3.06. The number of nitrogens with one attached hydrogen (secondary N) is 2. The van der Waals surface area contributed by atoms with Gasteiger partial charge in [0.25, 0.3) is 0 Å². The van der Waals surface area contributed by atoms with Crippen molar-refractivity contribution in [3.63, 3.8) is 0 Å². The largest absolute Gasteiger partial charge is 0.489 e. The molecule has 0 aliphatic carbocycles. The van der Waals surface area contributed by atoms with Gasteiger partial charge in [0.2, 0.25) is 0 Å². The van der Waals surface area contributed by atoms with Crippen molar-refractivity contribution in [2.24, 2.45) is 4.99 Å². The molecule has 1 aliphatic rings. The predicted octanol–water partition coefficient (Wildman–Crippen LogP) is 3.36. The van der Waals surface area contributed by atoms with Gasteiger partial charge in [-0.15, -0.1) is 24.0 Å². The number of aliphatic imine (C=N–C) groups is 1. The quantitative estimate of drug-likeness (QED) is 0.266. The summed E-state index contributed by atoms with van der Waals surface area (Å²) in [6.07, 6.45) is 3.83. The summed E-state index contributed by atoms with van der Waals surface area (Å²) in [6, 6.07) is 8.07. The smallest absolute Gasteiger partial charge is 0.192 e. The van der Waals surface area contributed by atoms with Crippen molar-refractivity contribution in [3.05, 3.63) is 54.1 Å². The van der Waals surface area contributed by atoms with Crippen LogP contribution >= 0.6 is 24.0 Å². The molecule has 8 heteroatoms. The number of aromatic nitrogens is 3. The molecule has 1 atom stereocenters. The zero-order valence-corrected chi connectivity index (χ0v) is 18.8. The first kappa shape index (κ1) is 22.2. The summed E-state index contributed by atoms with van der Waals surface area (Å²) in [4.78, 5) is 9.35. The Morgan fingerprint density at radius 3 is 3.04 bits per heavy atom. The first-order valence-corrected chi connectivity index (χ1v) is 9.49. The van der Waals surface area contributed by atoms with Crippen molar-refractivity contribution in [2.45, 2.75) is 45.8 Å². The molecule has 0 amide bonds.